The van der Waals surface area contributed by atoms with Crippen LogP contribution in [-0.4, -0.2) is 25.2 Å². The van der Waals surface area contributed by atoms with Crippen molar-refractivity contribution < 1.29 is 8.78 Å². The highest BCUT2D eigenvalue weighted by atomic mass is 79.9. The van der Waals surface area contributed by atoms with Crippen LogP contribution in [0.2, 0.25) is 0 Å². The molecule has 118 valence electrons. The first-order chi connectivity index (χ1) is 9.95. The lowest BCUT2D eigenvalue weighted by Crippen LogP contribution is -2.53. The van der Waals surface area contributed by atoms with Crippen LogP contribution < -0.4 is 10.2 Å². The van der Waals surface area contributed by atoms with Crippen LogP contribution >= 0.6 is 15.9 Å². The Morgan fingerprint density at radius 2 is 2.00 bits per heavy atom. The quantitative estimate of drug-likeness (QED) is 0.803. The molecule has 3 atom stereocenters. The molecular formula is C16H23BrF2N2. The summed E-state index contributed by atoms with van der Waals surface area (Å²) in [4.78, 5) is 2.05. The van der Waals surface area contributed by atoms with E-state index < -0.39 is 11.6 Å². The zero-order valence-electron chi connectivity index (χ0n) is 12.8. The van der Waals surface area contributed by atoms with E-state index in [1.807, 2.05) is 4.90 Å². The summed E-state index contributed by atoms with van der Waals surface area (Å²) in [5, 5.41) is 3.57. The SMILES string of the molecule is CCCNC1CCN(c2cc(Br)c(F)cc2F)C(C)C1C. The number of hydrogen-bond donors (Lipinski definition) is 1. The zero-order valence-corrected chi connectivity index (χ0v) is 14.4. The summed E-state index contributed by atoms with van der Waals surface area (Å²) in [6, 6.07) is 3.18. The van der Waals surface area contributed by atoms with E-state index in [0.717, 1.165) is 32.0 Å². The molecule has 3 unspecified atom stereocenters. The Morgan fingerprint density at radius 1 is 1.29 bits per heavy atom. The largest absolute Gasteiger partial charge is 0.366 e. The lowest BCUT2D eigenvalue weighted by atomic mass is 9.86. The van der Waals surface area contributed by atoms with Crippen LogP contribution in [0.1, 0.15) is 33.6 Å². The van der Waals surface area contributed by atoms with Crippen molar-refractivity contribution in [2.24, 2.45) is 5.92 Å². The second-order valence-electron chi connectivity index (χ2n) is 5.86. The third-order valence-electron chi connectivity index (χ3n) is 4.52. The Hall–Kier alpha value is -0.680. The standard InChI is InChI=1S/C16H23BrF2N2/c1-4-6-20-15-5-7-21(11(3)10(15)2)16-8-12(17)13(18)9-14(16)19/h8-11,15,20H,4-7H2,1-3H3. The van der Waals surface area contributed by atoms with Crippen molar-refractivity contribution in [2.45, 2.75) is 45.7 Å². The maximum atomic E-state index is 14.1. The average Bonchev–Trinajstić information content (AvgIpc) is 2.45. The molecule has 1 heterocycles. The number of rotatable bonds is 4. The van der Waals surface area contributed by atoms with Crippen molar-refractivity contribution in [1.29, 1.82) is 0 Å². The normalized spacial score (nSPS) is 26.2. The summed E-state index contributed by atoms with van der Waals surface area (Å²) >= 11 is 3.15. The summed E-state index contributed by atoms with van der Waals surface area (Å²) in [5.74, 6) is -0.639. The highest BCUT2D eigenvalue weighted by Gasteiger charge is 2.33. The minimum absolute atomic E-state index is 0.208. The number of anilines is 1. The van der Waals surface area contributed by atoms with Gasteiger partial charge in [-0.2, -0.15) is 0 Å². The molecule has 0 aliphatic carbocycles. The first-order valence-electron chi connectivity index (χ1n) is 7.60. The van der Waals surface area contributed by atoms with Gasteiger partial charge in [-0.3, -0.25) is 0 Å². The predicted octanol–water partition coefficient (Wildman–Crippen LogP) is 4.33. The molecule has 21 heavy (non-hydrogen) atoms. The van der Waals surface area contributed by atoms with Gasteiger partial charge in [0.25, 0.3) is 0 Å². The smallest absolute Gasteiger partial charge is 0.149 e. The topological polar surface area (TPSA) is 15.3 Å². The minimum Gasteiger partial charge on any atom is -0.366 e. The zero-order chi connectivity index (χ0) is 15.6. The molecule has 2 rings (SSSR count). The molecule has 0 bridgehead atoms. The van der Waals surface area contributed by atoms with Crippen molar-refractivity contribution in [3.05, 3.63) is 28.2 Å². The third-order valence-corrected chi connectivity index (χ3v) is 5.13. The molecule has 0 aromatic heterocycles. The Balaban J connectivity index is 2.17. The Bertz CT molecular complexity index is 495. The molecule has 5 heteroatoms. The van der Waals surface area contributed by atoms with Crippen LogP contribution in [0.3, 0.4) is 0 Å². The van der Waals surface area contributed by atoms with Crippen molar-refractivity contribution in [1.82, 2.24) is 5.32 Å². The van der Waals surface area contributed by atoms with Gasteiger partial charge in [0.15, 0.2) is 0 Å². The van der Waals surface area contributed by atoms with E-state index in [2.05, 4.69) is 42.0 Å². The molecule has 0 amide bonds. The van der Waals surface area contributed by atoms with Gasteiger partial charge in [0, 0.05) is 24.7 Å². The van der Waals surface area contributed by atoms with Crippen molar-refractivity contribution in [3.8, 4) is 0 Å². The van der Waals surface area contributed by atoms with Crippen molar-refractivity contribution in [2.75, 3.05) is 18.0 Å². The molecule has 0 spiro atoms. The van der Waals surface area contributed by atoms with Crippen molar-refractivity contribution in [3.63, 3.8) is 0 Å². The van der Waals surface area contributed by atoms with E-state index in [1.54, 1.807) is 6.07 Å². The van der Waals surface area contributed by atoms with Gasteiger partial charge in [0.05, 0.1) is 10.2 Å². The van der Waals surface area contributed by atoms with Crippen LogP contribution in [0.25, 0.3) is 0 Å². The van der Waals surface area contributed by atoms with Gasteiger partial charge in [-0.25, -0.2) is 8.78 Å². The minimum atomic E-state index is -0.559. The molecule has 1 fully saturated rings. The van der Waals surface area contributed by atoms with Crippen LogP contribution in [0.4, 0.5) is 14.5 Å². The second-order valence-corrected chi connectivity index (χ2v) is 6.71. The van der Waals surface area contributed by atoms with Gasteiger partial charge in [-0.15, -0.1) is 0 Å². The Morgan fingerprint density at radius 3 is 2.67 bits per heavy atom. The summed E-state index contributed by atoms with van der Waals surface area (Å²) in [6.45, 7) is 8.25. The lowest BCUT2D eigenvalue weighted by Gasteiger charge is -2.44. The molecule has 0 saturated carbocycles. The van der Waals surface area contributed by atoms with E-state index in [9.17, 15) is 8.78 Å². The van der Waals surface area contributed by atoms with Crippen LogP contribution in [0.15, 0.2) is 16.6 Å². The van der Waals surface area contributed by atoms with Crippen LogP contribution in [0.5, 0.6) is 0 Å². The van der Waals surface area contributed by atoms with E-state index in [1.165, 1.54) is 0 Å². The average molecular weight is 361 g/mol. The maximum absolute atomic E-state index is 14.1. The molecule has 1 saturated heterocycles. The molecule has 1 N–H and O–H groups in total. The summed E-state index contributed by atoms with van der Waals surface area (Å²) in [6.07, 6.45) is 2.08. The number of nitrogens with one attached hydrogen (secondary N) is 1. The van der Waals surface area contributed by atoms with E-state index in [4.69, 9.17) is 0 Å². The third kappa shape index (κ3) is 3.57. The molecule has 1 aromatic rings. The van der Waals surface area contributed by atoms with E-state index in [-0.39, 0.29) is 6.04 Å². The van der Waals surface area contributed by atoms with E-state index >= 15 is 0 Å². The number of nitrogens with zero attached hydrogens (tertiary/aromatic N) is 1. The summed E-state index contributed by atoms with van der Waals surface area (Å²) < 4.78 is 27.8. The number of hydrogen-bond acceptors (Lipinski definition) is 2. The van der Waals surface area contributed by atoms with Gasteiger partial charge in [-0.05, 0) is 54.2 Å². The first-order valence-corrected chi connectivity index (χ1v) is 8.39. The van der Waals surface area contributed by atoms with Gasteiger partial charge >= 0.3 is 0 Å². The molecule has 0 radical (unpaired) electrons. The van der Waals surface area contributed by atoms with Crippen LogP contribution in [0, 0.1) is 17.6 Å². The van der Waals surface area contributed by atoms with E-state index in [0.29, 0.717) is 22.1 Å². The molecular weight excluding hydrogens is 338 g/mol. The highest BCUT2D eigenvalue weighted by molar-refractivity contribution is 9.10. The van der Waals surface area contributed by atoms with Gasteiger partial charge in [0.1, 0.15) is 11.6 Å². The second kappa shape index (κ2) is 7.05. The molecule has 1 aliphatic heterocycles. The first kappa shape index (κ1) is 16.7. The fourth-order valence-corrected chi connectivity index (χ4v) is 3.39. The predicted molar refractivity (Wildman–Crippen MR) is 86.7 cm³/mol. The Kier molecular flexibility index (Phi) is 5.60. The molecule has 1 aliphatic rings. The molecule has 2 nitrogen and oxygen atoms in total. The van der Waals surface area contributed by atoms with Crippen molar-refractivity contribution >= 4 is 21.6 Å². The summed E-state index contributed by atoms with van der Waals surface area (Å²) in [5.41, 5.74) is 0.483. The van der Waals surface area contributed by atoms with Crippen LogP contribution in [-0.2, 0) is 0 Å². The monoisotopic (exact) mass is 360 g/mol. The lowest BCUT2D eigenvalue weighted by molar-refractivity contribution is 0.270. The highest BCUT2D eigenvalue weighted by Crippen LogP contribution is 2.33. The van der Waals surface area contributed by atoms with Gasteiger partial charge in [-0.1, -0.05) is 13.8 Å². The molecule has 1 aromatic carbocycles. The Labute approximate surface area is 134 Å². The fraction of sp³-hybridized carbons (Fsp3) is 0.625. The summed E-state index contributed by atoms with van der Waals surface area (Å²) in [7, 11) is 0. The maximum Gasteiger partial charge on any atom is 0.149 e. The fourth-order valence-electron chi connectivity index (χ4n) is 3.05. The number of piperidine rings is 1. The van der Waals surface area contributed by atoms with Gasteiger partial charge in [0.2, 0.25) is 0 Å². The number of halogens is 3. The number of benzene rings is 1. The van der Waals surface area contributed by atoms with Gasteiger partial charge < -0.3 is 10.2 Å².